The van der Waals surface area contributed by atoms with Crippen molar-refractivity contribution in [1.29, 1.82) is 0 Å². The fourth-order valence-corrected chi connectivity index (χ4v) is 4.85. The molecule has 0 aliphatic heterocycles. The van der Waals surface area contributed by atoms with Crippen LogP contribution in [0.4, 0.5) is 0 Å². The van der Waals surface area contributed by atoms with Crippen LogP contribution in [0.3, 0.4) is 0 Å². The molecule has 0 saturated carbocycles. The lowest BCUT2D eigenvalue weighted by molar-refractivity contribution is 0.416. The molecule has 0 aliphatic carbocycles. The van der Waals surface area contributed by atoms with Gasteiger partial charge in [-0.25, -0.2) is 4.98 Å². The summed E-state index contributed by atoms with van der Waals surface area (Å²) >= 11 is 9.43. The van der Waals surface area contributed by atoms with E-state index in [0.29, 0.717) is 16.6 Å². The number of methoxy groups -OCH3 is 1. The number of ether oxygens (including phenoxy) is 1. The summed E-state index contributed by atoms with van der Waals surface area (Å²) in [6.07, 6.45) is 0. The summed E-state index contributed by atoms with van der Waals surface area (Å²) in [5, 5.41) is 13.3. The van der Waals surface area contributed by atoms with E-state index in [-0.39, 0.29) is 0 Å². The van der Waals surface area contributed by atoms with Crippen molar-refractivity contribution in [3.63, 3.8) is 0 Å². The van der Waals surface area contributed by atoms with Crippen molar-refractivity contribution in [3.05, 3.63) is 64.1 Å². The quantitative estimate of drug-likeness (QED) is 0.349. The van der Waals surface area contributed by atoms with E-state index in [2.05, 4.69) is 46.8 Å². The van der Waals surface area contributed by atoms with Gasteiger partial charge >= 0.3 is 0 Å². The lowest BCUT2D eigenvalue weighted by Gasteiger charge is -2.08. The van der Waals surface area contributed by atoms with E-state index in [1.807, 2.05) is 23.7 Å². The molecule has 0 saturated heterocycles. The maximum absolute atomic E-state index is 6.16. The van der Waals surface area contributed by atoms with E-state index in [4.69, 9.17) is 21.3 Å². The van der Waals surface area contributed by atoms with Crippen LogP contribution in [0.1, 0.15) is 11.3 Å². The molecule has 4 aromatic rings. The minimum atomic E-state index is 0.629. The molecule has 0 N–H and O–H groups in total. The first-order valence-corrected chi connectivity index (χ1v) is 11.2. The zero-order valence-corrected chi connectivity index (χ0v) is 18.6. The number of halogens is 1. The van der Waals surface area contributed by atoms with Crippen molar-refractivity contribution in [2.24, 2.45) is 7.05 Å². The van der Waals surface area contributed by atoms with Crippen molar-refractivity contribution >= 4 is 34.7 Å². The molecule has 148 valence electrons. The van der Waals surface area contributed by atoms with Gasteiger partial charge in [-0.05, 0) is 31.2 Å². The number of hydrogen-bond donors (Lipinski definition) is 0. The van der Waals surface area contributed by atoms with Gasteiger partial charge in [-0.1, -0.05) is 47.1 Å². The zero-order chi connectivity index (χ0) is 20.4. The average molecular weight is 443 g/mol. The van der Waals surface area contributed by atoms with E-state index in [0.717, 1.165) is 32.7 Å². The standard InChI is InChI=1S/C21H19ClN4OS2/c1-13-5-4-6-14(9-13)20-23-16(11-28-20)12-29-21-25-24-19(26(21)2)17-10-15(22)7-8-18(17)27-3/h4-11H,12H2,1-3H3. The van der Waals surface area contributed by atoms with Crippen molar-refractivity contribution < 1.29 is 4.74 Å². The molecule has 2 aromatic carbocycles. The molecule has 0 fully saturated rings. The van der Waals surface area contributed by atoms with Crippen molar-refractivity contribution in [3.8, 4) is 27.7 Å². The molecule has 0 radical (unpaired) electrons. The Bertz CT molecular complexity index is 1160. The van der Waals surface area contributed by atoms with Gasteiger partial charge in [0.25, 0.3) is 0 Å². The van der Waals surface area contributed by atoms with Crippen LogP contribution in [0.2, 0.25) is 5.02 Å². The third-order valence-corrected chi connectivity index (χ3v) is 6.63. The largest absolute Gasteiger partial charge is 0.496 e. The van der Waals surface area contributed by atoms with Crippen molar-refractivity contribution in [2.45, 2.75) is 17.8 Å². The fraction of sp³-hybridized carbons (Fsp3) is 0.190. The van der Waals surface area contributed by atoms with E-state index in [1.54, 1.807) is 36.3 Å². The molecule has 5 nitrogen and oxygen atoms in total. The maximum atomic E-state index is 6.16. The number of aryl methyl sites for hydroxylation is 1. The van der Waals surface area contributed by atoms with Crippen molar-refractivity contribution in [2.75, 3.05) is 7.11 Å². The van der Waals surface area contributed by atoms with Crippen LogP contribution in [0.5, 0.6) is 5.75 Å². The summed E-state index contributed by atoms with van der Waals surface area (Å²) in [7, 11) is 3.57. The highest BCUT2D eigenvalue weighted by molar-refractivity contribution is 7.98. The van der Waals surface area contributed by atoms with Gasteiger partial charge in [-0.15, -0.1) is 21.5 Å². The second-order valence-corrected chi connectivity index (χ2v) is 8.75. The summed E-state index contributed by atoms with van der Waals surface area (Å²) in [6.45, 7) is 2.09. The molecule has 8 heteroatoms. The van der Waals surface area contributed by atoms with Crippen LogP contribution in [-0.4, -0.2) is 26.9 Å². The Balaban J connectivity index is 1.52. The summed E-state index contributed by atoms with van der Waals surface area (Å²) in [5.74, 6) is 2.15. The monoisotopic (exact) mass is 442 g/mol. The Kier molecular flexibility index (Phi) is 5.89. The van der Waals surface area contributed by atoms with Gasteiger partial charge in [0.05, 0.1) is 18.4 Å². The molecule has 2 aromatic heterocycles. The second-order valence-electron chi connectivity index (χ2n) is 6.51. The smallest absolute Gasteiger partial charge is 0.191 e. The zero-order valence-electron chi connectivity index (χ0n) is 16.2. The number of benzene rings is 2. The molecule has 0 aliphatic rings. The number of thioether (sulfide) groups is 1. The van der Waals surface area contributed by atoms with E-state index in [9.17, 15) is 0 Å². The fourth-order valence-electron chi connectivity index (χ4n) is 2.95. The molecule has 0 atom stereocenters. The molecule has 0 bridgehead atoms. The Morgan fingerprint density at radius 2 is 2.03 bits per heavy atom. The van der Waals surface area contributed by atoms with Gasteiger partial charge in [-0.2, -0.15) is 0 Å². The van der Waals surface area contributed by atoms with Crippen LogP contribution in [0.15, 0.2) is 53.0 Å². The van der Waals surface area contributed by atoms with Crippen LogP contribution in [0.25, 0.3) is 22.0 Å². The minimum Gasteiger partial charge on any atom is -0.496 e. The molecule has 0 spiro atoms. The first-order chi connectivity index (χ1) is 14.0. The number of nitrogens with zero attached hydrogens (tertiary/aromatic N) is 4. The maximum Gasteiger partial charge on any atom is 0.191 e. The summed E-state index contributed by atoms with van der Waals surface area (Å²) in [4.78, 5) is 4.77. The Morgan fingerprint density at radius 1 is 1.17 bits per heavy atom. The second kappa shape index (κ2) is 8.57. The number of hydrogen-bond acceptors (Lipinski definition) is 6. The summed E-state index contributed by atoms with van der Waals surface area (Å²) < 4.78 is 7.40. The lowest BCUT2D eigenvalue weighted by atomic mass is 10.1. The molecule has 29 heavy (non-hydrogen) atoms. The van der Waals surface area contributed by atoms with Gasteiger partial charge in [0.15, 0.2) is 11.0 Å². The summed E-state index contributed by atoms with van der Waals surface area (Å²) in [5.41, 5.74) is 4.23. The van der Waals surface area contributed by atoms with Crippen LogP contribution >= 0.6 is 34.7 Å². The summed E-state index contributed by atoms with van der Waals surface area (Å²) in [6, 6.07) is 13.9. The SMILES string of the molecule is COc1ccc(Cl)cc1-c1nnc(SCc2csc(-c3cccc(C)c3)n2)n1C. The predicted molar refractivity (Wildman–Crippen MR) is 120 cm³/mol. The van der Waals surface area contributed by atoms with E-state index < -0.39 is 0 Å². The van der Waals surface area contributed by atoms with Crippen LogP contribution in [-0.2, 0) is 12.8 Å². The lowest BCUT2D eigenvalue weighted by Crippen LogP contribution is -1.97. The number of aromatic nitrogens is 4. The third-order valence-electron chi connectivity index (χ3n) is 4.40. The number of thiazole rings is 1. The van der Waals surface area contributed by atoms with Gasteiger partial charge in [-0.3, -0.25) is 0 Å². The predicted octanol–water partition coefficient (Wildman–Crippen LogP) is 5.87. The molecule has 4 rings (SSSR count). The average Bonchev–Trinajstić information content (AvgIpc) is 3.33. The molecule has 0 unspecified atom stereocenters. The number of rotatable bonds is 6. The molecule has 0 amide bonds. The highest BCUT2D eigenvalue weighted by Crippen LogP contribution is 2.33. The highest BCUT2D eigenvalue weighted by Gasteiger charge is 2.16. The topological polar surface area (TPSA) is 52.8 Å². The molecule has 2 heterocycles. The van der Waals surface area contributed by atoms with E-state index >= 15 is 0 Å². The highest BCUT2D eigenvalue weighted by atomic mass is 35.5. The first kappa shape index (κ1) is 19.9. The third kappa shape index (κ3) is 4.32. The Morgan fingerprint density at radius 3 is 2.83 bits per heavy atom. The minimum absolute atomic E-state index is 0.629. The van der Waals surface area contributed by atoms with Gasteiger partial charge in [0, 0.05) is 28.8 Å². The van der Waals surface area contributed by atoms with Crippen LogP contribution in [0, 0.1) is 6.92 Å². The first-order valence-electron chi connectivity index (χ1n) is 8.92. The van der Waals surface area contributed by atoms with Crippen LogP contribution < -0.4 is 4.74 Å². The van der Waals surface area contributed by atoms with Gasteiger partial charge < -0.3 is 9.30 Å². The molecular weight excluding hydrogens is 424 g/mol. The normalized spacial score (nSPS) is 11.0. The molecular formula is C21H19ClN4OS2. The van der Waals surface area contributed by atoms with Crippen molar-refractivity contribution in [1.82, 2.24) is 19.7 Å². The Labute approximate surface area is 182 Å². The Hall–Kier alpha value is -2.35. The van der Waals surface area contributed by atoms with E-state index in [1.165, 1.54) is 5.56 Å². The van der Waals surface area contributed by atoms with Gasteiger partial charge in [0.1, 0.15) is 10.8 Å². The van der Waals surface area contributed by atoms with Gasteiger partial charge in [0.2, 0.25) is 0 Å².